The van der Waals surface area contributed by atoms with Gasteiger partial charge in [0, 0.05) is 37.3 Å². The van der Waals surface area contributed by atoms with Gasteiger partial charge in [0.1, 0.15) is 12.2 Å². The standard InChI is InChI=1S/C19H22N6/c1-2-25-19(20-14-21-25)13-24-11-10-18-16(12-24)17(22-23-18)9-8-15-6-4-3-5-7-15/h3-9,14H,2,10-13H2,1H3,(H,22,23). The molecule has 0 bridgehead atoms. The Bertz CT molecular complexity index is 861. The van der Waals surface area contributed by atoms with Crippen molar-refractivity contribution >= 4 is 12.2 Å². The Morgan fingerprint density at radius 3 is 2.92 bits per heavy atom. The van der Waals surface area contributed by atoms with Gasteiger partial charge in [-0.05, 0) is 18.6 Å². The van der Waals surface area contributed by atoms with Gasteiger partial charge in [-0.15, -0.1) is 0 Å². The molecule has 6 heteroatoms. The fourth-order valence-electron chi connectivity index (χ4n) is 3.26. The fourth-order valence-corrected chi connectivity index (χ4v) is 3.26. The van der Waals surface area contributed by atoms with Crippen LogP contribution in [-0.2, 0) is 26.1 Å². The van der Waals surface area contributed by atoms with Crippen molar-refractivity contribution in [2.75, 3.05) is 6.54 Å². The average Bonchev–Trinajstić information content (AvgIpc) is 3.27. The molecule has 0 aliphatic carbocycles. The number of aromatic amines is 1. The Morgan fingerprint density at radius 2 is 2.08 bits per heavy atom. The van der Waals surface area contributed by atoms with Crippen LogP contribution in [0.1, 0.15) is 35.3 Å². The highest BCUT2D eigenvalue weighted by Gasteiger charge is 2.22. The second-order valence-electron chi connectivity index (χ2n) is 6.26. The third-order valence-corrected chi connectivity index (χ3v) is 4.64. The number of fused-ring (bicyclic) bond motifs is 1. The summed E-state index contributed by atoms with van der Waals surface area (Å²) < 4.78 is 1.96. The van der Waals surface area contributed by atoms with Crippen molar-refractivity contribution in [3.05, 3.63) is 65.0 Å². The molecule has 25 heavy (non-hydrogen) atoms. The van der Waals surface area contributed by atoms with Crippen molar-refractivity contribution < 1.29 is 0 Å². The van der Waals surface area contributed by atoms with Crippen LogP contribution in [0.25, 0.3) is 12.2 Å². The van der Waals surface area contributed by atoms with Gasteiger partial charge in [-0.25, -0.2) is 9.67 Å². The summed E-state index contributed by atoms with van der Waals surface area (Å²) in [4.78, 5) is 6.81. The van der Waals surface area contributed by atoms with Gasteiger partial charge in [0.2, 0.25) is 0 Å². The zero-order valence-electron chi connectivity index (χ0n) is 14.4. The van der Waals surface area contributed by atoms with Gasteiger partial charge in [-0.3, -0.25) is 10.00 Å². The van der Waals surface area contributed by atoms with E-state index in [4.69, 9.17) is 0 Å². The Balaban J connectivity index is 1.50. The van der Waals surface area contributed by atoms with Gasteiger partial charge in [-0.1, -0.05) is 36.4 Å². The number of aromatic nitrogens is 5. The minimum atomic E-state index is 0.820. The molecule has 2 aromatic heterocycles. The number of aryl methyl sites for hydroxylation is 1. The van der Waals surface area contributed by atoms with Crippen LogP contribution in [0, 0.1) is 0 Å². The predicted molar refractivity (Wildman–Crippen MR) is 97.5 cm³/mol. The predicted octanol–water partition coefficient (Wildman–Crippen LogP) is 2.75. The van der Waals surface area contributed by atoms with Gasteiger partial charge >= 0.3 is 0 Å². The van der Waals surface area contributed by atoms with Gasteiger partial charge in [-0.2, -0.15) is 10.2 Å². The summed E-state index contributed by atoms with van der Waals surface area (Å²) in [5.41, 5.74) is 4.75. The van der Waals surface area contributed by atoms with Crippen LogP contribution in [0.4, 0.5) is 0 Å². The van der Waals surface area contributed by atoms with E-state index < -0.39 is 0 Å². The molecular weight excluding hydrogens is 312 g/mol. The van der Waals surface area contributed by atoms with Crippen molar-refractivity contribution in [3.63, 3.8) is 0 Å². The maximum absolute atomic E-state index is 4.51. The van der Waals surface area contributed by atoms with E-state index in [0.29, 0.717) is 0 Å². The van der Waals surface area contributed by atoms with Crippen LogP contribution in [0.2, 0.25) is 0 Å². The summed E-state index contributed by atoms with van der Waals surface area (Å²) in [6.45, 7) is 5.66. The van der Waals surface area contributed by atoms with Crippen LogP contribution in [-0.4, -0.2) is 36.4 Å². The zero-order chi connectivity index (χ0) is 17.1. The molecule has 4 rings (SSSR count). The quantitative estimate of drug-likeness (QED) is 0.779. The number of hydrogen-bond acceptors (Lipinski definition) is 4. The molecule has 0 fully saturated rings. The molecule has 1 N–H and O–H groups in total. The lowest BCUT2D eigenvalue weighted by atomic mass is 10.0. The van der Waals surface area contributed by atoms with Gasteiger partial charge in [0.25, 0.3) is 0 Å². The number of rotatable bonds is 5. The molecule has 0 spiro atoms. The number of nitrogens with zero attached hydrogens (tertiary/aromatic N) is 5. The van der Waals surface area contributed by atoms with Gasteiger partial charge in [0.15, 0.2) is 0 Å². The second-order valence-corrected chi connectivity index (χ2v) is 6.26. The Morgan fingerprint density at radius 1 is 1.20 bits per heavy atom. The van der Waals surface area contributed by atoms with Crippen molar-refractivity contribution in [2.45, 2.75) is 33.0 Å². The lowest BCUT2D eigenvalue weighted by Gasteiger charge is -2.26. The van der Waals surface area contributed by atoms with Crippen LogP contribution in [0.15, 0.2) is 36.7 Å². The number of nitrogens with one attached hydrogen (secondary N) is 1. The second kappa shape index (κ2) is 7.03. The molecule has 0 amide bonds. The molecule has 1 aromatic carbocycles. The molecule has 0 saturated heterocycles. The van der Waals surface area contributed by atoms with E-state index in [1.165, 1.54) is 16.8 Å². The molecule has 0 saturated carbocycles. The first-order valence-electron chi connectivity index (χ1n) is 8.71. The minimum Gasteiger partial charge on any atom is -0.291 e. The van der Waals surface area contributed by atoms with Crippen molar-refractivity contribution in [2.24, 2.45) is 0 Å². The maximum atomic E-state index is 4.51. The normalized spacial score (nSPS) is 14.9. The molecule has 1 aliphatic rings. The first-order chi connectivity index (χ1) is 12.3. The molecule has 3 aromatic rings. The third kappa shape index (κ3) is 3.39. The molecular formula is C19H22N6. The smallest absolute Gasteiger partial charge is 0.141 e. The largest absolute Gasteiger partial charge is 0.291 e. The average molecular weight is 334 g/mol. The van der Waals surface area contributed by atoms with E-state index >= 15 is 0 Å². The minimum absolute atomic E-state index is 0.820. The first-order valence-corrected chi connectivity index (χ1v) is 8.71. The Hall–Kier alpha value is -2.73. The highest BCUT2D eigenvalue weighted by molar-refractivity contribution is 5.69. The lowest BCUT2D eigenvalue weighted by molar-refractivity contribution is 0.234. The topological polar surface area (TPSA) is 62.6 Å². The molecule has 1 aliphatic heterocycles. The first kappa shape index (κ1) is 15.8. The van der Waals surface area contributed by atoms with Gasteiger partial charge < -0.3 is 0 Å². The SMILES string of the molecule is CCn1ncnc1CN1CCc2[nH]nc(C=Cc3ccccc3)c2C1. The van der Waals surface area contributed by atoms with E-state index in [9.17, 15) is 0 Å². The molecule has 6 nitrogen and oxygen atoms in total. The van der Waals surface area contributed by atoms with E-state index in [1.54, 1.807) is 6.33 Å². The Kier molecular flexibility index (Phi) is 4.43. The van der Waals surface area contributed by atoms with Crippen molar-refractivity contribution in [1.29, 1.82) is 0 Å². The van der Waals surface area contributed by atoms with Crippen LogP contribution < -0.4 is 0 Å². The van der Waals surface area contributed by atoms with Crippen LogP contribution in [0.3, 0.4) is 0 Å². The van der Waals surface area contributed by atoms with Gasteiger partial charge in [0.05, 0.1) is 12.2 Å². The summed E-state index contributed by atoms with van der Waals surface area (Å²) in [5, 5.41) is 12.0. The number of hydrogen-bond donors (Lipinski definition) is 1. The number of benzene rings is 1. The monoisotopic (exact) mass is 334 g/mol. The summed E-state index contributed by atoms with van der Waals surface area (Å²) >= 11 is 0. The highest BCUT2D eigenvalue weighted by atomic mass is 15.3. The summed E-state index contributed by atoms with van der Waals surface area (Å²) in [6, 6.07) is 10.3. The maximum Gasteiger partial charge on any atom is 0.141 e. The van der Waals surface area contributed by atoms with Crippen LogP contribution in [0.5, 0.6) is 0 Å². The lowest BCUT2D eigenvalue weighted by Crippen LogP contribution is -2.31. The van der Waals surface area contributed by atoms with E-state index in [0.717, 1.165) is 44.1 Å². The van der Waals surface area contributed by atoms with E-state index in [1.807, 2.05) is 22.9 Å². The summed E-state index contributed by atoms with van der Waals surface area (Å²) in [7, 11) is 0. The van der Waals surface area contributed by atoms with Crippen molar-refractivity contribution in [3.8, 4) is 0 Å². The molecule has 0 radical (unpaired) electrons. The number of H-pyrrole nitrogens is 1. The van der Waals surface area contributed by atoms with Crippen molar-refractivity contribution in [1.82, 2.24) is 29.9 Å². The fraction of sp³-hybridized carbons (Fsp3) is 0.316. The summed E-state index contributed by atoms with van der Waals surface area (Å²) in [5.74, 6) is 1.02. The molecule has 0 unspecified atom stereocenters. The van der Waals surface area contributed by atoms with Crippen LogP contribution >= 0.6 is 0 Å². The summed E-state index contributed by atoms with van der Waals surface area (Å²) in [6.07, 6.45) is 6.84. The third-order valence-electron chi connectivity index (χ3n) is 4.64. The van der Waals surface area contributed by atoms with E-state index in [-0.39, 0.29) is 0 Å². The van der Waals surface area contributed by atoms with E-state index in [2.05, 4.69) is 56.4 Å². The highest BCUT2D eigenvalue weighted by Crippen LogP contribution is 2.23. The molecule has 128 valence electrons. The molecule has 0 atom stereocenters. The zero-order valence-corrected chi connectivity index (χ0v) is 14.4. The molecule has 3 heterocycles. The Labute approximate surface area is 147 Å².